The second-order valence-corrected chi connectivity index (χ2v) is 6.45. The molecule has 0 saturated heterocycles. The lowest BCUT2D eigenvalue weighted by Crippen LogP contribution is -2.38. The molecule has 1 atom stereocenters. The number of hydrogen-bond acceptors (Lipinski definition) is 3. The fourth-order valence-electron chi connectivity index (χ4n) is 2.21. The number of hydrogen-bond donors (Lipinski definition) is 2. The highest BCUT2D eigenvalue weighted by molar-refractivity contribution is 14.0. The molecule has 0 aromatic heterocycles. The Morgan fingerprint density at radius 1 is 1.19 bits per heavy atom. The smallest absolute Gasteiger partial charge is 0.191 e. The Hall–Kier alpha value is -0.280. The Bertz CT molecular complexity index is 533. The first kappa shape index (κ1) is 25.7. The normalized spacial score (nSPS) is 12.4. The van der Waals surface area contributed by atoms with E-state index < -0.39 is 0 Å². The molecule has 0 saturated carbocycles. The Morgan fingerprint density at radius 3 is 2.62 bits per heavy atom. The number of rotatable bonds is 11. The van der Waals surface area contributed by atoms with E-state index in [1.54, 1.807) is 13.2 Å². The number of nitrogens with zero attached hydrogens (tertiary/aromatic N) is 1. The van der Waals surface area contributed by atoms with Gasteiger partial charge in [0.15, 0.2) is 5.96 Å². The van der Waals surface area contributed by atoms with E-state index in [-0.39, 0.29) is 30.0 Å². The van der Waals surface area contributed by atoms with Crippen LogP contribution in [0.2, 0.25) is 10.0 Å². The molecule has 1 unspecified atom stereocenters. The van der Waals surface area contributed by atoms with Crippen LogP contribution in [0.4, 0.5) is 0 Å². The average Bonchev–Trinajstić information content (AvgIpc) is 2.57. The first-order valence-electron chi connectivity index (χ1n) is 8.65. The summed E-state index contributed by atoms with van der Waals surface area (Å²) in [7, 11) is 1.67. The lowest BCUT2D eigenvalue weighted by molar-refractivity contribution is 0.0690. The molecule has 0 aliphatic rings. The maximum absolute atomic E-state index is 6.28. The second-order valence-electron chi connectivity index (χ2n) is 5.60. The first-order chi connectivity index (χ1) is 12.1. The van der Waals surface area contributed by atoms with Crippen LogP contribution in [0.5, 0.6) is 0 Å². The molecule has 0 bridgehead atoms. The highest BCUT2D eigenvalue weighted by atomic mass is 127. The van der Waals surface area contributed by atoms with Gasteiger partial charge in [0.2, 0.25) is 0 Å². The van der Waals surface area contributed by atoms with Crippen LogP contribution in [-0.4, -0.2) is 46.0 Å². The highest BCUT2D eigenvalue weighted by Crippen LogP contribution is 2.25. The quantitative estimate of drug-likeness (QED) is 0.194. The van der Waals surface area contributed by atoms with Gasteiger partial charge in [0.1, 0.15) is 0 Å². The monoisotopic (exact) mass is 517 g/mol. The van der Waals surface area contributed by atoms with Crippen LogP contribution in [0, 0.1) is 0 Å². The van der Waals surface area contributed by atoms with Gasteiger partial charge in [-0.15, -0.1) is 24.0 Å². The summed E-state index contributed by atoms with van der Waals surface area (Å²) >= 11 is 12.2. The van der Waals surface area contributed by atoms with Crippen LogP contribution in [0.15, 0.2) is 23.2 Å². The van der Waals surface area contributed by atoms with Gasteiger partial charge in [-0.05, 0) is 44.4 Å². The third-order valence-corrected chi connectivity index (χ3v) is 4.09. The molecular weight excluding hydrogens is 488 g/mol. The van der Waals surface area contributed by atoms with Crippen molar-refractivity contribution in [3.05, 3.63) is 33.8 Å². The summed E-state index contributed by atoms with van der Waals surface area (Å²) in [5.41, 5.74) is 0.989. The Balaban J connectivity index is 0.00000625. The largest absolute Gasteiger partial charge is 0.382 e. The van der Waals surface area contributed by atoms with E-state index in [9.17, 15) is 0 Å². The minimum Gasteiger partial charge on any atom is -0.382 e. The average molecular weight is 518 g/mol. The van der Waals surface area contributed by atoms with Crippen LogP contribution in [-0.2, 0) is 9.47 Å². The van der Waals surface area contributed by atoms with E-state index in [0.29, 0.717) is 23.3 Å². The molecule has 0 aliphatic carbocycles. The Kier molecular flexibility index (Phi) is 15.6. The summed E-state index contributed by atoms with van der Waals surface area (Å²) in [5.74, 6) is 0.779. The molecule has 0 spiro atoms. The van der Waals surface area contributed by atoms with Crippen molar-refractivity contribution >= 4 is 53.1 Å². The van der Waals surface area contributed by atoms with Crippen LogP contribution >= 0.6 is 47.2 Å². The molecule has 0 amide bonds. The molecule has 0 radical (unpaired) electrons. The Labute approximate surface area is 184 Å². The van der Waals surface area contributed by atoms with E-state index in [4.69, 9.17) is 32.7 Å². The molecular formula is C18H30Cl2IN3O2. The number of unbranched alkanes of at least 4 members (excludes halogenated alkanes) is 1. The van der Waals surface area contributed by atoms with E-state index >= 15 is 0 Å². The minimum atomic E-state index is 0. The van der Waals surface area contributed by atoms with Crippen LogP contribution in [0.3, 0.4) is 0 Å². The number of methoxy groups -OCH3 is 1. The van der Waals surface area contributed by atoms with Crippen molar-refractivity contribution in [1.82, 2.24) is 10.6 Å². The lowest BCUT2D eigenvalue weighted by Gasteiger charge is -2.19. The molecule has 1 rings (SSSR count). The predicted octanol–water partition coefficient (Wildman–Crippen LogP) is 4.67. The highest BCUT2D eigenvalue weighted by Gasteiger charge is 2.11. The van der Waals surface area contributed by atoms with Crippen LogP contribution in [0.25, 0.3) is 0 Å². The number of nitrogens with one attached hydrogen (secondary N) is 2. The van der Waals surface area contributed by atoms with E-state index in [2.05, 4.69) is 15.6 Å². The Morgan fingerprint density at radius 2 is 1.96 bits per heavy atom. The first-order valence-corrected chi connectivity index (χ1v) is 9.40. The molecule has 8 heteroatoms. The zero-order valence-corrected chi connectivity index (χ0v) is 19.5. The van der Waals surface area contributed by atoms with Crippen LogP contribution < -0.4 is 10.6 Å². The van der Waals surface area contributed by atoms with Gasteiger partial charge in [-0.25, -0.2) is 0 Å². The van der Waals surface area contributed by atoms with E-state index in [0.717, 1.165) is 44.1 Å². The van der Waals surface area contributed by atoms with Crippen molar-refractivity contribution in [2.75, 3.05) is 40.0 Å². The SMILES string of the molecule is CCNC(=NCCCCOCCOC)NC(C)c1ccc(Cl)cc1Cl.I. The summed E-state index contributed by atoms with van der Waals surface area (Å²) in [6.45, 7) is 7.64. The maximum Gasteiger partial charge on any atom is 0.191 e. The number of ether oxygens (including phenoxy) is 2. The van der Waals surface area contributed by atoms with Gasteiger partial charge in [-0.2, -0.15) is 0 Å². The zero-order chi connectivity index (χ0) is 18.5. The molecule has 150 valence electrons. The van der Waals surface area contributed by atoms with E-state index in [1.165, 1.54) is 0 Å². The molecule has 5 nitrogen and oxygen atoms in total. The summed E-state index contributed by atoms with van der Waals surface area (Å²) in [6.07, 6.45) is 1.95. The molecule has 0 heterocycles. The van der Waals surface area contributed by atoms with Gasteiger partial charge in [0.05, 0.1) is 19.3 Å². The standard InChI is InChI=1S/C18H29Cl2N3O2.HI/c1-4-21-18(22-9-5-6-10-25-12-11-24-3)23-14(2)16-8-7-15(19)13-17(16)20;/h7-8,13-14H,4-6,9-12H2,1-3H3,(H2,21,22,23);1H. The van der Waals surface area contributed by atoms with Crippen molar-refractivity contribution < 1.29 is 9.47 Å². The second kappa shape index (κ2) is 15.7. The fraction of sp³-hybridized carbons (Fsp3) is 0.611. The molecule has 1 aromatic rings. The predicted molar refractivity (Wildman–Crippen MR) is 121 cm³/mol. The van der Waals surface area contributed by atoms with Gasteiger partial charge in [-0.3, -0.25) is 4.99 Å². The van der Waals surface area contributed by atoms with Gasteiger partial charge >= 0.3 is 0 Å². The van der Waals surface area contributed by atoms with Gasteiger partial charge < -0.3 is 20.1 Å². The zero-order valence-electron chi connectivity index (χ0n) is 15.7. The summed E-state index contributed by atoms with van der Waals surface area (Å²) in [5, 5.41) is 7.91. The minimum absolute atomic E-state index is 0. The van der Waals surface area contributed by atoms with Crippen molar-refractivity contribution in [3.8, 4) is 0 Å². The van der Waals surface area contributed by atoms with Crippen molar-refractivity contribution in [2.24, 2.45) is 4.99 Å². The molecule has 0 aliphatic heterocycles. The third-order valence-electron chi connectivity index (χ3n) is 3.52. The van der Waals surface area contributed by atoms with Gasteiger partial charge in [0.25, 0.3) is 0 Å². The summed E-state index contributed by atoms with van der Waals surface area (Å²) < 4.78 is 10.4. The summed E-state index contributed by atoms with van der Waals surface area (Å²) in [4.78, 5) is 4.61. The van der Waals surface area contributed by atoms with Crippen molar-refractivity contribution in [1.29, 1.82) is 0 Å². The molecule has 2 N–H and O–H groups in total. The number of benzene rings is 1. The van der Waals surface area contributed by atoms with Gasteiger partial charge in [0, 0.05) is 36.9 Å². The van der Waals surface area contributed by atoms with E-state index in [1.807, 2.05) is 26.0 Å². The molecule has 26 heavy (non-hydrogen) atoms. The third kappa shape index (κ3) is 10.8. The van der Waals surface area contributed by atoms with Crippen molar-refractivity contribution in [2.45, 2.75) is 32.7 Å². The topological polar surface area (TPSA) is 54.9 Å². The fourth-order valence-corrected chi connectivity index (χ4v) is 2.78. The lowest BCUT2D eigenvalue weighted by atomic mass is 10.1. The maximum atomic E-state index is 6.28. The van der Waals surface area contributed by atoms with Crippen LogP contribution in [0.1, 0.15) is 38.3 Å². The molecule has 0 fully saturated rings. The summed E-state index contributed by atoms with van der Waals surface area (Å²) in [6, 6.07) is 5.56. The molecule has 1 aromatic carbocycles. The van der Waals surface area contributed by atoms with Crippen molar-refractivity contribution in [3.63, 3.8) is 0 Å². The van der Waals surface area contributed by atoms with Gasteiger partial charge in [-0.1, -0.05) is 29.3 Å². The number of halogens is 3. The number of aliphatic imine (C=N–C) groups is 1. The number of guanidine groups is 1.